The van der Waals surface area contributed by atoms with Crippen LogP contribution in [0.3, 0.4) is 0 Å². The smallest absolute Gasteiger partial charge is 0.227 e. The maximum Gasteiger partial charge on any atom is 0.227 e. The Morgan fingerprint density at radius 3 is 2.19 bits per heavy atom. The molecule has 0 saturated heterocycles. The number of hydrogen-bond acceptors (Lipinski definition) is 3. The van der Waals surface area contributed by atoms with E-state index < -0.39 is 0 Å². The average Bonchev–Trinajstić information content (AvgIpc) is 3.59. The Morgan fingerprint density at radius 1 is 0.628 bits per heavy atom. The Bertz CT molecular complexity index is 2330. The molecule has 0 fully saturated rings. The minimum absolute atomic E-state index is 0.0646. The highest BCUT2D eigenvalue weighted by Gasteiger charge is 2.22. The van der Waals surface area contributed by atoms with Gasteiger partial charge in [0.25, 0.3) is 0 Å². The molecule has 0 aliphatic rings. The van der Waals surface area contributed by atoms with E-state index in [4.69, 9.17) is 14.4 Å². The fourth-order valence-electron chi connectivity index (χ4n) is 6.25. The molecule has 0 amide bonds. The quantitative estimate of drug-likeness (QED) is 0.217. The van der Waals surface area contributed by atoms with Crippen LogP contribution >= 0.6 is 0 Å². The Kier molecular flexibility index (Phi) is 5.57. The molecule has 0 saturated carbocycles. The average molecular weight is 558 g/mol. The van der Waals surface area contributed by atoms with Gasteiger partial charge in [-0.2, -0.15) is 0 Å². The third kappa shape index (κ3) is 4.05. The van der Waals surface area contributed by atoms with Crippen molar-refractivity contribution >= 4 is 43.9 Å². The number of aromatic nitrogens is 3. The number of aryl methyl sites for hydroxylation is 1. The van der Waals surface area contributed by atoms with Gasteiger partial charge >= 0.3 is 0 Å². The standard InChI is InChI=1S/C39H31N3O/c1-24-10-5-7-12-28(24)33-23-21-31-30-14-9-15-32(36(30)43-38(31)41-33)37-40-34-22-16-25-11-6-8-13-29(25)35(34)42(37)27-19-17-26(18-20-27)39(2,3)4/h5-23H,1-4H3. The Balaban J connectivity index is 1.41. The van der Waals surface area contributed by atoms with Gasteiger partial charge in [0.2, 0.25) is 5.71 Å². The molecule has 0 radical (unpaired) electrons. The fraction of sp³-hybridized carbons (Fsp3) is 0.128. The van der Waals surface area contributed by atoms with Crippen LogP contribution < -0.4 is 0 Å². The van der Waals surface area contributed by atoms with Gasteiger partial charge in [-0.15, -0.1) is 0 Å². The van der Waals surface area contributed by atoms with Crippen molar-refractivity contribution in [3.8, 4) is 28.3 Å². The topological polar surface area (TPSA) is 43.9 Å². The molecule has 3 aromatic heterocycles. The second kappa shape index (κ2) is 9.40. The summed E-state index contributed by atoms with van der Waals surface area (Å²) >= 11 is 0. The molecular weight excluding hydrogens is 526 g/mol. The summed E-state index contributed by atoms with van der Waals surface area (Å²) in [5, 5.41) is 4.38. The third-order valence-corrected chi connectivity index (χ3v) is 8.56. The molecule has 8 aromatic rings. The lowest BCUT2D eigenvalue weighted by molar-refractivity contribution is 0.590. The molecule has 0 atom stereocenters. The Hall–Kier alpha value is -5.22. The summed E-state index contributed by atoms with van der Waals surface area (Å²) < 4.78 is 8.90. The second-order valence-electron chi connectivity index (χ2n) is 12.4. The van der Waals surface area contributed by atoms with E-state index in [2.05, 4.69) is 141 Å². The number of imidazole rings is 1. The van der Waals surface area contributed by atoms with Gasteiger partial charge in [-0.05, 0) is 65.3 Å². The molecule has 4 nitrogen and oxygen atoms in total. The minimum Gasteiger partial charge on any atom is -0.437 e. The first-order chi connectivity index (χ1) is 20.9. The van der Waals surface area contributed by atoms with Crippen molar-refractivity contribution in [3.63, 3.8) is 0 Å². The van der Waals surface area contributed by atoms with E-state index in [0.717, 1.165) is 55.7 Å². The van der Waals surface area contributed by atoms with Crippen LogP contribution in [0.15, 0.2) is 120 Å². The van der Waals surface area contributed by atoms with Crippen molar-refractivity contribution < 1.29 is 4.42 Å². The van der Waals surface area contributed by atoms with Crippen LogP contribution in [0, 0.1) is 6.92 Å². The van der Waals surface area contributed by atoms with E-state index in [9.17, 15) is 0 Å². The molecule has 0 aliphatic carbocycles. The van der Waals surface area contributed by atoms with Crippen LogP contribution in [-0.4, -0.2) is 14.5 Å². The molecule has 0 unspecified atom stereocenters. The number of para-hydroxylation sites is 1. The fourth-order valence-corrected chi connectivity index (χ4v) is 6.25. The summed E-state index contributed by atoms with van der Waals surface area (Å²) in [6, 6.07) is 40.5. The van der Waals surface area contributed by atoms with E-state index in [-0.39, 0.29) is 5.41 Å². The number of rotatable bonds is 3. The molecule has 0 bridgehead atoms. The van der Waals surface area contributed by atoms with E-state index in [1.807, 2.05) is 6.07 Å². The maximum atomic E-state index is 6.61. The van der Waals surface area contributed by atoms with Crippen LogP contribution in [0.1, 0.15) is 31.9 Å². The largest absolute Gasteiger partial charge is 0.437 e. The van der Waals surface area contributed by atoms with Gasteiger partial charge in [-0.1, -0.05) is 99.6 Å². The van der Waals surface area contributed by atoms with Gasteiger partial charge in [-0.25, -0.2) is 9.97 Å². The molecule has 8 rings (SSSR count). The SMILES string of the molecule is Cc1ccccc1-c1ccc2c(n1)oc1c(-c3nc4ccc5ccccc5c4n3-c3ccc(C(C)(C)C)cc3)cccc12. The monoisotopic (exact) mass is 557 g/mol. The molecular formula is C39H31N3O. The highest BCUT2D eigenvalue weighted by molar-refractivity contribution is 6.11. The van der Waals surface area contributed by atoms with Crippen molar-refractivity contribution in [2.45, 2.75) is 33.1 Å². The van der Waals surface area contributed by atoms with E-state index in [1.165, 1.54) is 21.9 Å². The zero-order chi connectivity index (χ0) is 29.3. The van der Waals surface area contributed by atoms with Gasteiger partial charge in [0.05, 0.1) is 22.3 Å². The van der Waals surface area contributed by atoms with Crippen LogP contribution in [0.25, 0.3) is 72.2 Å². The summed E-state index contributed by atoms with van der Waals surface area (Å²) in [7, 11) is 0. The van der Waals surface area contributed by atoms with Crippen LogP contribution in [0.2, 0.25) is 0 Å². The van der Waals surface area contributed by atoms with Crippen molar-refractivity contribution in [1.82, 2.24) is 14.5 Å². The van der Waals surface area contributed by atoms with Gasteiger partial charge < -0.3 is 4.42 Å². The summed E-state index contributed by atoms with van der Waals surface area (Å²) in [4.78, 5) is 10.2. The Labute approximate surface area is 250 Å². The zero-order valence-corrected chi connectivity index (χ0v) is 24.7. The predicted molar refractivity (Wildman–Crippen MR) is 178 cm³/mol. The van der Waals surface area contributed by atoms with Gasteiger partial charge in [-0.3, -0.25) is 4.57 Å². The summed E-state index contributed by atoms with van der Waals surface area (Å²) in [6.45, 7) is 8.84. The maximum absolute atomic E-state index is 6.61. The normalized spacial score (nSPS) is 12.2. The molecule has 43 heavy (non-hydrogen) atoms. The van der Waals surface area contributed by atoms with Crippen molar-refractivity contribution in [2.24, 2.45) is 0 Å². The first kappa shape index (κ1) is 25.5. The number of fused-ring (bicyclic) bond motifs is 6. The van der Waals surface area contributed by atoms with E-state index in [1.54, 1.807) is 0 Å². The molecule has 5 aromatic carbocycles. The third-order valence-electron chi connectivity index (χ3n) is 8.56. The van der Waals surface area contributed by atoms with Crippen LogP contribution in [-0.2, 0) is 5.41 Å². The first-order valence-corrected chi connectivity index (χ1v) is 14.8. The van der Waals surface area contributed by atoms with Gasteiger partial charge in [0, 0.05) is 27.4 Å². The summed E-state index contributed by atoms with van der Waals surface area (Å²) in [5.74, 6) is 0.846. The molecule has 3 heterocycles. The van der Waals surface area contributed by atoms with Crippen LogP contribution in [0.5, 0.6) is 0 Å². The second-order valence-corrected chi connectivity index (χ2v) is 12.4. The first-order valence-electron chi connectivity index (χ1n) is 14.8. The minimum atomic E-state index is 0.0646. The van der Waals surface area contributed by atoms with Crippen molar-refractivity contribution in [3.05, 3.63) is 126 Å². The summed E-state index contributed by atoms with van der Waals surface area (Å²) in [6.07, 6.45) is 0. The number of pyridine rings is 1. The lowest BCUT2D eigenvalue weighted by atomic mass is 9.87. The van der Waals surface area contributed by atoms with Gasteiger partial charge in [0.1, 0.15) is 11.4 Å². The van der Waals surface area contributed by atoms with Crippen molar-refractivity contribution in [1.29, 1.82) is 0 Å². The molecule has 208 valence electrons. The zero-order valence-electron chi connectivity index (χ0n) is 24.7. The number of hydrogen-bond donors (Lipinski definition) is 0. The molecule has 0 N–H and O–H groups in total. The molecule has 4 heteroatoms. The Morgan fingerprint density at radius 2 is 1.37 bits per heavy atom. The number of benzene rings is 5. The lowest BCUT2D eigenvalue weighted by Crippen LogP contribution is -2.11. The van der Waals surface area contributed by atoms with E-state index in [0.29, 0.717) is 5.71 Å². The number of nitrogens with zero attached hydrogens (tertiary/aromatic N) is 3. The molecule has 0 aliphatic heterocycles. The molecule has 0 spiro atoms. The lowest BCUT2D eigenvalue weighted by Gasteiger charge is -2.20. The highest BCUT2D eigenvalue weighted by Crippen LogP contribution is 2.40. The van der Waals surface area contributed by atoms with E-state index >= 15 is 0 Å². The summed E-state index contributed by atoms with van der Waals surface area (Å²) in [5.41, 5.74) is 10.0. The van der Waals surface area contributed by atoms with Crippen LogP contribution in [0.4, 0.5) is 0 Å². The number of furan rings is 1. The van der Waals surface area contributed by atoms with Gasteiger partial charge in [0.15, 0.2) is 0 Å². The van der Waals surface area contributed by atoms with Crippen molar-refractivity contribution in [2.75, 3.05) is 0 Å². The highest BCUT2D eigenvalue weighted by atomic mass is 16.3. The predicted octanol–water partition coefficient (Wildman–Crippen LogP) is 10.4.